The molecule has 0 spiro atoms. The van der Waals surface area contributed by atoms with E-state index in [0.717, 1.165) is 55.8 Å². The third kappa shape index (κ3) is 52.0. The van der Waals surface area contributed by atoms with Crippen LogP contribution < -0.4 is 0 Å². The maximum absolute atomic E-state index is 12.8. The van der Waals surface area contributed by atoms with Crippen LogP contribution >= 0.6 is 0 Å². The Morgan fingerprint density at radius 1 is 0.318 bits per heavy atom. The normalized spacial score (nSPS) is 17.5. The number of carbonyl (C=O) groups is 1. The first-order valence-corrected chi connectivity index (χ1v) is 44.8. The molecule has 0 unspecified atom stereocenters. The van der Waals surface area contributed by atoms with Gasteiger partial charge in [-0.1, -0.05) is 452 Å². The third-order valence-corrected chi connectivity index (χ3v) is 27.4. The highest BCUT2D eigenvalue weighted by Crippen LogP contribution is 2.47. The van der Waals surface area contributed by atoms with Crippen molar-refractivity contribution in [1.29, 1.82) is 0 Å². The summed E-state index contributed by atoms with van der Waals surface area (Å²) in [5, 5.41) is 10.6. The molecule has 6 atom stereocenters. The molecule has 0 aliphatic heterocycles. The Bertz CT molecular complexity index is 1440. The molecular formula is C84H166O3Si. The predicted octanol–water partition coefficient (Wildman–Crippen LogP) is 30.5. The van der Waals surface area contributed by atoms with Crippen molar-refractivity contribution in [3.63, 3.8) is 0 Å². The molecule has 0 aromatic carbocycles. The van der Waals surface area contributed by atoms with Crippen LogP contribution in [-0.4, -0.2) is 25.5 Å². The van der Waals surface area contributed by atoms with Gasteiger partial charge in [0.2, 0.25) is 0 Å². The van der Waals surface area contributed by atoms with Crippen molar-refractivity contribution in [3.8, 4) is 0 Å². The molecule has 2 saturated carbocycles. The SMILES string of the molecule is CCCCCCCCCCCCCCCCCCCCCCCC[C@@H](C(=O)O)[C@@H](CCCCCCCCCCC[C@H]1C[C@H]1CCCCCCCCCCCCCC[C@H]1C[C@H]1CCCCCCCCCCCCCCCCCCCC)O[Si](C)(C)C(C)(C)C. The maximum atomic E-state index is 12.8. The summed E-state index contributed by atoms with van der Waals surface area (Å²) < 4.78 is 6.98. The molecule has 3 nitrogen and oxygen atoms in total. The summed E-state index contributed by atoms with van der Waals surface area (Å²) in [6.07, 6.45) is 97.8. The van der Waals surface area contributed by atoms with E-state index < -0.39 is 14.3 Å². The van der Waals surface area contributed by atoms with Crippen LogP contribution in [0, 0.1) is 29.6 Å². The average Bonchev–Trinajstić information content (AvgIpc) is 3.45. The first-order valence-electron chi connectivity index (χ1n) is 41.9. The molecular weight excluding hydrogens is 1090 g/mol. The van der Waals surface area contributed by atoms with Crippen molar-refractivity contribution in [2.45, 2.75) is 502 Å². The average molecular weight is 1250 g/mol. The predicted molar refractivity (Wildman–Crippen MR) is 397 cm³/mol. The van der Waals surface area contributed by atoms with Gasteiger partial charge >= 0.3 is 5.97 Å². The molecule has 2 rings (SSSR count). The van der Waals surface area contributed by atoms with Gasteiger partial charge in [-0.05, 0) is 67.5 Å². The Hall–Kier alpha value is -0.353. The van der Waals surface area contributed by atoms with Crippen LogP contribution in [0.5, 0.6) is 0 Å². The first kappa shape index (κ1) is 83.7. The minimum atomic E-state index is -2.07. The third-order valence-electron chi connectivity index (χ3n) is 22.9. The lowest BCUT2D eigenvalue weighted by molar-refractivity contribution is -0.145. The van der Waals surface area contributed by atoms with E-state index >= 15 is 0 Å². The molecule has 1 N–H and O–H groups in total. The second kappa shape index (κ2) is 60.3. The topological polar surface area (TPSA) is 46.5 Å². The Morgan fingerprint density at radius 3 is 0.693 bits per heavy atom. The highest BCUT2D eigenvalue weighted by Gasteiger charge is 2.42. The number of unbranched alkanes of at least 4 members (excludes halogenated alkanes) is 57. The van der Waals surface area contributed by atoms with Crippen LogP contribution in [0.3, 0.4) is 0 Å². The molecule has 0 heterocycles. The lowest BCUT2D eigenvalue weighted by Gasteiger charge is -2.41. The minimum absolute atomic E-state index is 0.0875. The van der Waals surface area contributed by atoms with Gasteiger partial charge in [-0.15, -0.1) is 0 Å². The molecule has 2 aliphatic rings. The molecule has 0 amide bonds. The van der Waals surface area contributed by atoms with E-state index in [0.29, 0.717) is 0 Å². The van der Waals surface area contributed by atoms with E-state index in [9.17, 15) is 9.90 Å². The fourth-order valence-electron chi connectivity index (χ4n) is 15.3. The molecule has 0 saturated heterocycles. The fourth-order valence-corrected chi connectivity index (χ4v) is 16.6. The van der Waals surface area contributed by atoms with Gasteiger partial charge in [-0.25, -0.2) is 0 Å². The Kier molecular flexibility index (Phi) is 57.4. The van der Waals surface area contributed by atoms with Crippen LogP contribution in [0.25, 0.3) is 0 Å². The van der Waals surface area contributed by atoms with E-state index in [1.807, 2.05) is 0 Å². The quantitative estimate of drug-likeness (QED) is 0.0488. The molecule has 2 aliphatic carbocycles. The molecule has 0 aromatic heterocycles. The zero-order valence-electron chi connectivity index (χ0n) is 62.0. The van der Waals surface area contributed by atoms with Gasteiger partial charge in [0, 0.05) is 0 Å². The standard InChI is InChI=1S/C84H166O3Si/c1-8-10-12-14-16-18-20-22-24-26-28-29-30-31-33-35-37-43-49-55-61-67-73-81(83(85)86)82(87-88(6,7)84(3,4)5)74-68-62-56-50-44-48-54-60-66-72-80-76-79(80)71-65-59-53-47-42-39-38-41-46-52-58-64-70-78-75-77(78)69-63-57-51-45-40-36-34-32-27-25-23-21-19-17-15-13-11-9-2/h77-82H,8-76H2,1-7H3,(H,85,86)/t77-,78+,79-,80+,81-,82-/m1/s1. The van der Waals surface area contributed by atoms with Gasteiger partial charge < -0.3 is 9.53 Å². The lowest BCUT2D eigenvalue weighted by atomic mass is 9.91. The number of aliphatic carboxylic acids is 1. The Balaban J connectivity index is 1.32. The zero-order valence-corrected chi connectivity index (χ0v) is 63.0. The van der Waals surface area contributed by atoms with Crippen LogP contribution in [0.2, 0.25) is 18.1 Å². The first-order chi connectivity index (χ1) is 43.0. The van der Waals surface area contributed by atoms with Crippen molar-refractivity contribution >= 4 is 14.3 Å². The number of carboxylic acids is 1. The second-order valence-corrected chi connectivity index (χ2v) is 37.2. The summed E-state index contributed by atoms with van der Waals surface area (Å²) in [5.74, 6) is 3.37. The Morgan fingerprint density at radius 2 is 0.500 bits per heavy atom. The summed E-state index contributed by atoms with van der Waals surface area (Å²) in [5.41, 5.74) is 0. The van der Waals surface area contributed by atoms with Crippen LogP contribution in [-0.2, 0) is 9.22 Å². The monoisotopic (exact) mass is 1250 g/mol. The zero-order chi connectivity index (χ0) is 63.5. The molecule has 88 heavy (non-hydrogen) atoms. The largest absolute Gasteiger partial charge is 0.481 e. The second-order valence-electron chi connectivity index (χ2n) is 32.5. The van der Waals surface area contributed by atoms with Crippen molar-refractivity contribution in [1.82, 2.24) is 0 Å². The summed E-state index contributed by atoms with van der Waals surface area (Å²) in [4.78, 5) is 12.8. The van der Waals surface area contributed by atoms with Gasteiger partial charge in [0.25, 0.3) is 0 Å². The van der Waals surface area contributed by atoms with E-state index in [4.69, 9.17) is 4.43 Å². The molecule has 524 valence electrons. The number of hydrogen-bond acceptors (Lipinski definition) is 2. The van der Waals surface area contributed by atoms with Gasteiger partial charge in [-0.2, -0.15) is 0 Å². The molecule has 0 bridgehead atoms. The van der Waals surface area contributed by atoms with Gasteiger partial charge in [0.15, 0.2) is 8.32 Å². The Labute approximate surface area is 557 Å². The number of carboxylic acid groups (broad SMARTS) is 1. The molecule has 0 aromatic rings. The fraction of sp³-hybridized carbons (Fsp3) is 0.988. The minimum Gasteiger partial charge on any atom is -0.481 e. The van der Waals surface area contributed by atoms with Crippen LogP contribution in [0.4, 0.5) is 0 Å². The van der Waals surface area contributed by atoms with E-state index in [1.165, 1.54) is 392 Å². The highest BCUT2D eigenvalue weighted by atomic mass is 28.4. The van der Waals surface area contributed by atoms with Gasteiger partial charge in [-0.3, -0.25) is 4.79 Å². The smallest absolute Gasteiger partial charge is 0.309 e. The number of rotatable bonds is 73. The van der Waals surface area contributed by atoms with Crippen LogP contribution in [0.1, 0.15) is 478 Å². The van der Waals surface area contributed by atoms with Crippen molar-refractivity contribution in [2.24, 2.45) is 29.6 Å². The van der Waals surface area contributed by atoms with Crippen molar-refractivity contribution < 1.29 is 14.3 Å². The van der Waals surface area contributed by atoms with E-state index in [-0.39, 0.29) is 17.1 Å². The molecule has 2 fully saturated rings. The summed E-state index contributed by atoms with van der Waals surface area (Å²) in [6.45, 7) is 16.1. The van der Waals surface area contributed by atoms with Crippen LogP contribution in [0.15, 0.2) is 0 Å². The summed E-state index contributed by atoms with van der Waals surface area (Å²) in [6, 6.07) is 0. The molecule has 0 radical (unpaired) electrons. The maximum Gasteiger partial charge on any atom is 0.309 e. The van der Waals surface area contributed by atoms with Crippen molar-refractivity contribution in [2.75, 3.05) is 0 Å². The summed E-state index contributed by atoms with van der Waals surface area (Å²) >= 11 is 0. The molecule has 4 heteroatoms. The van der Waals surface area contributed by atoms with Gasteiger partial charge in [0.05, 0.1) is 12.0 Å². The summed E-state index contributed by atoms with van der Waals surface area (Å²) in [7, 11) is -2.07. The van der Waals surface area contributed by atoms with Crippen molar-refractivity contribution in [3.05, 3.63) is 0 Å². The highest BCUT2D eigenvalue weighted by molar-refractivity contribution is 6.74. The lowest BCUT2D eigenvalue weighted by Crippen LogP contribution is -2.47. The van der Waals surface area contributed by atoms with E-state index in [1.54, 1.807) is 19.3 Å². The van der Waals surface area contributed by atoms with E-state index in [2.05, 4.69) is 47.7 Å². The number of hydrogen-bond donors (Lipinski definition) is 1. The van der Waals surface area contributed by atoms with Gasteiger partial charge in [0.1, 0.15) is 0 Å².